The predicted molar refractivity (Wildman–Crippen MR) is 58.1 cm³/mol. The molecule has 2 heteroatoms. The fraction of sp³-hybridized carbons (Fsp3) is 0.462. The van der Waals surface area contributed by atoms with Crippen LogP contribution in [0.25, 0.3) is 0 Å². The highest BCUT2D eigenvalue weighted by molar-refractivity contribution is 5.89. The zero-order valence-electron chi connectivity index (χ0n) is 8.70. The number of aromatic carboxylic acids is 1. The molecule has 0 aromatic heterocycles. The first-order valence-corrected chi connectivity index (χ1v) is 5.53. The highest BCUT2D eigenvalue weighted by atomic mass is 16.4. The van der Waals surface area contributed by atoms with Crippen LogP contribution in [0.1, 0.15) is 53.9 Å². The van der Waals surface area contributed by atoms with Gasteiger partial charge in [0.15, 0.2) is 0 Å². The standard InChI is InChI=1S/C13H15O2/c14-13(15)12-9-5-4-8-11(12)10-6-2-1-3-7-10/h4-5,9-10H,1-3,6-7H2,(H,14,15). The summed E-state index contributed by atoms with van der Waals surface area (Å²) in [6.07, 6.45) is 5.94. The minimum Gasteiger partial charge on any atom is -0.478 e. The van der Waals surface area contributed by atoms with Crippen LogP contribution in [0.15, 0.2) is 18.2 Å². The maximum Gasteiger partial charge on any atom is 0.335 e. The highest BCUT2D eigenvalue weighted by Gasteiger charge is 2.20. The quantitative estimate of drug-likeness (QED) is 0.801. The van der Waals surface area contributed by atoms with Crippen molar-refractivity contribution in [2.75, 3.05) is 0 Å². The van der Waals surface area contributed by atoms with Crippen molar-refractivity contribution in [2.45, 2.75) is 38.0 Å². The number of benzene rings is 1. The molecule has 0 atom stereocenters. The molecule has 15 heavy (non-hydrogen) atoms. The number of carbonyl (C=O) groups is 1. The largest absolute Gasteiger partial charge is 0.478 e. The van der Waals surface area contributed by atoms with Gasteiger partial charge >= 0.3 is 5.97 Å². The maximum atomic E-state index is 11.0. The number of hydrogen-bond acceptors (Lipinski definition) is 1. The van der Waals surface area contributed by atoms with Gasteiger partial charge in [0.05, 0.1) is 5.56 Å². The molecule has 2 nitrogen and oxygen atoms in total. The minimum absolute atomic E-state index is 0.408. The van der Waals surface area contributed by atoms with E-state index in [2.05, 4.69) is 6.07 Å². The highest BCUT2D eigenvalue weighted by Crippen LogP contribution is 2.33. The summed E-state index contributed by atoms with van der Waals surface area (Å²) in [6, 6.07) is 8.35. The van der Waals surface area contributed by atoms with Crippen LogP contribution in [0.2, 0.25) is 0 Å². The van der Waals surface area contributed by atoms with Crippen LogP contribution in [-0.2, 0) is 0 Å². The second-order valence-corrected chi connectivity index (χ2v) is 4.14. The SMILES string of the molecule is O=C(O)c1ccc[c]c1C1CCCCC1. The van der Waals surface area contributed by atoms with Gasteiger partial charge in [0, 0.05) is 0 Å². The Kier molecular flexibility index (Phi) is 3.05. The fourth-order valence-corrected chi connectivity index (χ4v) is 2.37. The first kappa shape index (κ1) is 10.2. The molecule has 2 rings (SSSR count). The maximum absolute atomic E-state index is 11.0. The topological polar surface area (TPSA) is 37.3 Å². The number of hydrogen-bond donors (Lipinski definition) is 1. The van der Waals surface area contributed by atoms with Gasteiger partial charge in [-0.1, -0.05) is 31.4 Å². The Bertz CT molecular complexity index is 351. The van der Waals surface area contributed by atoms with Gasteiger partial charge in [0.2, 0.25) is 0 Å². The zero-order chi connectivity index (χ0) is 10.7. The van der Waals surface area contributed by atoms with E-state index in [4.69, 9.17) is 5.11 Å². The molecule has 1 N–H and O–H groups in total. The normalized spacial score (nSPS) is 17.6. The monoisotopic (exact) mass is 203 g/mol. The Morgan fingerprint density at radius 2 is 2.07 bits per heavy atom. The molecule has 0 bridgehead atoms. The van der Waals surface area contributed by atoms with Gasteiger partial charge in [-0.05, 0) is 36.5 Å². The molecule has 1 aliphatic rings. The molecule has 0 saturated heterocycles. The van der Waals surface area contributed by atoms with Crippen LogP contribution in [0.4, 0.5) is 0 Å². The van der Waals surface area contributed by atoms with Crippen molar-refractivity contribution < 1.29 is 9.90 Å². The number of carboxylic acid groups (broad SMARTS) is 1. The van der Waals surface area contributed by atoms with E-state index >= 15 is 0 Å². The lowest BCUT2D eigenvalue weighted by Gasteiger charge is -2.22. The van der Waals surface area contributed by atoms with Crippen LogP contribution in [-0.4, -0.2) is 11.1 Å². The summed E-state index contributed by atoms with van der Waals surface area (Å²) in [4.78, 5) is 11.0. The summed E-state index contributed by atoms with van der Waals surface area (Å²) in [5.74, 6) is -0.418. The van der Waals surface area contributed by atoms with E-state index in [1.54, 1.807) is 12.1 Å². The molecule has 1 aliphatic carbocycles. The lowest BCUT2D eigenvalue weighted by atomic mass is 9.82. The predicted octanol–water partition coefficient (Wildman–Crippen LogP) is 3.23. The van der Waals surface area contributed by atoms with Crippen LogP contribution in [0.3, 0.4) is 0 Å². The van der Waals surface area contributed by atoms with E-state index in [1.165, 1.54) is 19.3 Å². The van der Waals surface area contributed by atoms with Gasteiger partial charge in [-0.15, -0.1) is 0 Å². The minimum atomic E-state index is -0.826. The van der Waals surface area contributed by atoms with E-state index in [-0.39, 0.29) is 0 Å². The van der Waals surface area contributed by atoms with Crippen LogP contribution < -0.4 is 0 Å². The van der Waals surface area contributed by atoms with E-state index in [1.807, 2.05) is 6.07 Å². The first-order chi connectivity index (χ1) is 7.29. The molecular formula is C13H15O2. The van der Waals surface area contributed by atoms with Gasteiger partial charge in [0.1, 0.15) is 0 Å². The van der Waals surface area contributed by atoms with Crippen LogP contribution in [0, 0.1) is 6.07 Å². The summed E-state index contributed by atoms with van der Waals surface area (Å²) in [5.41, 5.74) is 1.34. The van der Waals surface area contributed by atoms with Gasteiger partial charge in [-0.25, -0.2) is 4.79 Å². The van der Waals surface area contributed by atoms with Gasteiger partial charge in [-0.2, -0.15) is 0 Å². The van der Waals surface area contributed by atoms with Gasteiger partial charge in [-0.3, -0.25) is 0 Å². The number of carboxylic acids is 1. The average molecular weight is 203 g/mol. The second-order valence-electron chi connectivity index (χ2n) is 4.14. The summed E-state index contributed by atoms with van der Waals surface area (Å²) in [7, 11) is 0. The molecule has 1 fully saturated rings. The molecule has 0 spiro atoms. The van der Waals surface area contributed by atoms with Crippen molar-refractivity contribution in [1.29, 1.82) is 0 Å². The summed E-state index contributed by atoms with van der Waals surface area (Å²) in [5, 5.41) is 9.08. The lowest BCUT2D eigenvalue weighted by Crippen LogP contribution is -2.10. The Labute approximate surface area is 89.9 Å². The third-order valence-corrected chi connectivity index (χ3v) is 3.13. The van der Waals surface area contributed by atoms with Crippen LogP contribution >= 0.6 is 0 Å². The average Bonchev–Trinajstić information content (AvgIpc) is 2.30. The molecular weight excluding hydrogens is 188 g/mol. The first-order valence-electron chi connectivity index (χ1n) is 5.53. The molecule has 1 aromatic carbocycles. The molecule has 1 radical (unpaired) electrons. The Morgan fingerprint density at radius 1 is 1.33 bits per heavy atom. The Morgan fingerprint density at radius 3 is 2.73 bits per heavy atom. The summed E-state index contributed by atoms with van der Waals surface area (Å²) in [6.45, 7) is 0. The zero-order valence-corrected chi connectivity index (χ0v) is 8.70. The third-order valence-electron chi connectivity index (χ3n) is 3.13. The van der Waals surface area contributed by atoms with Crippen molar-refractivity contribution in [1.82, 2.24) is 0 Å². The van der Waals surface area contributed by atoms with Crippen molar-refractivity contribution in [2.24, 2.45) is 0 Å². The third kappa shape index (κ3) is 2.20. The van der Waals surface area contributed by atoms with Gasteiger partial charge < -0.3 is 5.11 Å². The molecule has 0 aliphatic heterocycles. The van der Waals surface area contributed by atoms with Crippen LogP contribution in [0.5, 0.6) is 0 Å². The van der Waals surface area contributed by atoms with Gasteiger partial charge in [0.25, 0.3) is 0 Å². The van der Waals surface area contributed by atoms with Crippen molar-refractivity contribution in [3.8, 4) is 0 Å². The van der Waals surface area contributed by atoms with E-state index < -0.39 is 5.97 Å². The molecule has 0 amide bonds. The lowest BCUT2D eigenvalue weighted by molar-refractivity contribution is 0.0694. The fourth-order valence-electron chi connectivity index (χ4n) is 2.37. The molecule has 0 unspecified atom stereocenters. The summed E-state index contributed by atoms with van der Waals surface area (Å²) < 4.78 is 0. The molecule has 1 saturated carbocycles. The van der Waals surface area contributed by atoms with E-state index in [0.29, 0.717) is 11.5 Å². The number of rotatable bonds is 2. The molecule has 1 aromatic rings. The second kappa shape index (κ2) is 4.47. The van der Waals surface area contributed by atoms with E-state index in [0.717, 1.165) is 18.4 Å². The smallest absolute Gasteiger partial charge is 0.335 e. The van der Waals surface area contributed by atoms with Crippen molar-refractivity contribution >= 4 is 5.97 Å². The Balaban J connectivity index is 2.29. The van der Waals surface area contributed by atoms with E-state index in [9.17, 15) is 4.79 Å². The van der Waals surface area contributed by atoms with Crippen molar-refractivity contribution in [3.05, 3.63) is 35.4 Å². The molecule has 79 valence electrons. The summed E-state index contributed by atoms with van der Waals surface area (Å²) >= 11 is 0. The Hall–Kier alpha value is -1.31. The molecule has 0 heterocycles. The van der Waals surface area contributed by atoms with Crippen molar-refractivity contribution in [3.63, 3.8) is 0 Å².